The molecule has 2 N–H and O–H groups in total. The number of hydrogen-bond donors (Lipinski definition) is 1. The molecule has 1 aliphatic carbocycles. The molecule has 0 fully saturated rings. The first kappa shape index (κ1) is 14.7. The second-order valence-corrected chi connectivity index (χ2v) is 7.40. The van der Waals surface area contributed by atoms with Gasteiger partial charge in [0.2, 0.25) is 0 Å². The number of rotatable bonds is 3. The Hall–Kier alpha value is -1.21. The predicted octanol–water partition coefficient (Wildman–Crippen LogP) is 4.08. The number of fused-ring (bicyclic) bond motifs is 1. The first-order valence-electron chi connectivity index (χ1n) is 6.89. The molecular weight excluding hydrogens is 395 g/mol. The first-order chi connectivity index (χ1) is 10.1. The van der Waals surface area contributed by atoms with Gasteiger partial charge in [-0.25, -0.2) is 4.99 Å². The molecule has 0 bridgehead atoms. The van der Waals surface area contributed by atoms with Crippen LogP contribution in [0.4, 0.5) is 5.00 Å². The third-order valence-electron chi connectivity index (χ3n) is 3.58. The van der Waals surface area contributed by atoms with Crippen LogP contribution in [-0.4, -0.2) is 12.1 Å². The monoisotopic (exact) mass is 410 g/mol. The summed E-state index contributed by atoms with van der Waals surface area (Å²) in [6.07, 6.45) is 6.11. The van der Waals surface area contributed by atoms with Crippen LogP contribution in [0.2, 0.25) is 0 Å². The van der Waals surface area contributed by atoms with Gasteiger partial charge >= 0.3 is 0 Å². The van der Waals surface area contributed by atoms with Gasteiger partial charge in [0, 0.05) is 14.7 Å². The van der Waals surface area contributed by atoms with Crippen LogP contribution in [0.25, 0.3) is 0 Å². The second-order valence-electron chi connectivity index (χ2n) is 5.07. The van der Waals surface area contributed by atoms with Crippen molar-refractivity contribution in [1.29, 1.82) is 0 Å². The zero-order valence-corrected chi connectivity index (χ0v) is 14.4. The Morgan fingerprint density at radius 2 is 2.14 bits per heavy atom. The first-order valence-corrected chi connectivity index (χ1v) is 8.78. The number of halogens is 1. The summed E-state index contributed by atoms with van der Waals surface area (Å²) in [7, 11) is 0. The van der Waals surface area contributed by atoms with Crippen molar-refractivity contribution in [2.75, 3.05) is 0 Å². The zero-order valence-electron chi connectivity index (χ0n) is 11.4. The maximum absolute atomic E-state index is 11.8. The van der Waals surface area contributed by atoms with Crippen molar-refractivity contribution >= 4 is 51.1 Å². The number of nitrogens with two attached hydrogens (primary N) is 1. The van der Waals surface area contributed by atoms with E-state index in [0.717, 1.165) is 39.0 Å². The minimum atomic E-state index is -0.357. The highest BCUT2D eigenvalue weighted by Crippen LogP contribution is 2.39. The molecule has 0 saturated carbocycles. The summed E-state index contributed by atoms with van der Waals surface area (Å²) in [5, 5.41) is 0.758. The van der Waals surface area contributed by atoms with Crippen molar-refractivity contribution in [3.05, 3.63) is 49.4 Å². The molecule has 0 saturated heterocycles. The molecule has 2 aromatic rings. The number of carbonyl (C=O) groups excluding carboxylic acids is 1. The molecule has 0 aliphatic heterocycles. The second kappa shape index (κ2) is 6.27. The molecule has 0 radical (unpaired) electrons. The van der Waals surface area contributed by atoms with E-state index in [0.29, 0.717) is 5.56 Å². The number of aliphatic imine (C=N–C) groups is 1. The smallest absolute Gasteiger partial charge is 0.252 e. The molecule has 108 valence electrons. The van der Waals surface area contributed by atoms with Crippen LogP contribution in [0, 0.1) is 3.57 Å². The average molecular weight is 410 g/mol. The van der Waals surface area contributed by atoms with Crippen molar-refractivity contribution < 1.29 is 4.79 Å². The van der Waals surface area contributed by atoms with Crippen molar-refractivity contribution in [3.63, 3.8) is 0 Å². The molecule has 0 spiro atoms. The fourth-order valence-corrected chi connectivity index (χ4v) is 4.42. The van der Waals surface area contributed by atoms with Gasteiger partial charge in [-0.1, -0.05) is 12.1 Å². The van der Waals surface area contributed by atoms with Gasteiger partial charge in [0.15, 0.2) is 0 Å². The van der Waals surface area contributed by atoms with E-state index < -0.39 is 0 Å². The molecule has 0 atom stereocenters. The van der Waals surface area contributed by atoms with Gasteiger partial charge in [-0.15, -0.1) is 11.3 Å². The van der Waals surface area contributed by atoms with E-state index in [1.54, 1.807) is 11.3 Å². The molecule has 3 nitrogen and oxygen atoms in total. The van der Waals surface area contributed by atoms with E-state index in [2.05, 4.69) is 33.6 Å². The van der Waals surface area contributed by atoms with Gasteiger partial charge in [-0.05, 0) is 71.5 Å². The zero-order chi connectivity index (χ0) is 14.8. The van der Waals surface area contributed by atoms with Gasteiger partial charge in [-0.3, -0.25) is 4.79 Å². The third-order valence-corrected chi connectivity index (χ3v) is 5.45. The van der Waals surface area contributed by atoms with Crippen LogP contribution in [-0.2, 0) is 12.8 Å². The largest absolute Gasteiger partial charge is 0.365 e. The van der Waals surface area contributed by atoms with Crippen LogP contribution in [0.5, 0.6) is 0 Å². The number of aryl methyl sites for hydroxylation is 1. The van der Waals surface area contributed by atoms with Crippen molar-refractivity contribution in [2.45, 2.75) is 25.7 Å². The topological polar surface area (TPSA) is 55.5 Å². The van der Waals surface area contributed by atoms with E-state index in [1.165, 1.54) is 11.3 Å². The van der Waals surface area contributed by atoms with E-state index >= 15 is 0 Å². The highest BCUT2D eigenvalue weighted by Gasteiger charge is 2.23. The summed E-state index contributed by atoms with van der Waals surface area (Å²) < 4.78 is 1.16. The Bertz CT molecular complexity index is 721. The van der Waals surface area contributed by atoms with E-state index in [1.807, 2.05) is 24.4 Å². The highest BCUT2D eigenvalue weighted by molar-refractivity contribution is 14.1. The molecule has 3 rings (SSSR count). The Labute approximate surface area is 141 Å². The lowest BCUT2D eigenvalue weighted by molar-refractivity contribution is 0.100. The molecule has 1 aliphatic rings. The van der Waals surface area contributed by atoms with Gasteiger partial charge in [0.25, 0.3) is 5.91 Å². The normalized spacial score (nSPS) is 14.3. The van der Waals surface area contributed by atoms with E-state index in [9.17, 15) is 4.79 Å². The standard InChI is InChI=1S/C16H15IN2OS/c17-11-5-3-4-10(8-11)9-19-16-14(15(18)20)12-6-1-2-7-13(12)21-16/h3-5,8-9H,1-2,6-7H2,(H2,18,20). The summed E-state index contributed by atoms with van der Waals surface area (Å²) in [6, 6.07) is 8.10. The van der Waals surface area contributed by atoms with Gasteiger partial charge in [0.1, 0.15) is 5.00 Å². The maximum atomic E-state index is 11.8. The SMILES string of the molecule is NC(=O)c1c(N=Cc2cccc(I)c2)sc2c1CCCC2. The quantitative estimate of drug-likeness (QED) is 0.602. The third kappa shape index (κ3) is 3.18. The van der Waals surface area contributed by atoms with Crippen LogP contribution in [0.3, 0.4) is 0 Å². The molecular formula is C16H15IN2OS. The summed E-state index contributed by atoms with van der Waals surface area (Å²) in [5.74, 6) is -0.357. The number of nitrogens with zero attached hydrogens (tertiary/aromatic N) is 1. The molecule has 5 heteroatoms. The number of primary amides is 1. The molecule has 1 aromatic heterocycles. The minimum absolute atomic E-state index is 0.357. The molecule has 1 aromatic carbocycles. The van der Waals surface area contributed by atoms with Crippen LogP contribution in [0.1, 0.15) is 39.2 Å². The number of hydrogen-bond acceptors (Lipinski definition) is 3. The van der Waals surface area contributed by atoms with Crippen molar-refractivity contribution in [2.24, 2.45) is 10.7 Å². The molecule has 21 heavy (non-hydrogen) atoms. The van der Waals surface area contributed by atoms with Crippen LogP contribution >= 0.6 is 33.9 Å². The summed E-state index contributed by atoms with van der Waals surface area (Å²) >= 11 is 3.89. The van der Waals surface area contributed by atoms with Gasteiger partial charge in [0.05, 0.1) is 5.56 Å². The van der Waals surface area contributed by atoms with Gasteiger partial charge < -0.3 is 5.73 Å². The minimum Gasteiger partial charge on any atom is -0.365 e. The lowest BCUT2D eigenvalue weighted by atomic mass is 9.95. The van der Waals surface area contributed by atoms with Crippen LogP contribution < -0.4 is 5.73 Å². The summed E-state index contributed by atoms with van der Waals surface area (Å²) in [6.45, 7) is 0. The van der Waals surface area contributed by atoms with Crippen molar-refractivity contribution in [1.82, 2.24) is 0 Å². The Kier molecular flexibility index (Phi) is 4.40. The summed E-state index contributed by atoms with van der Waals surface area (Å²) in [4.78, 5) is 17.6. The number of thiophene rings is 1. The Morgan fingerprint density at radius 3 is 2.90 bits per heavy atom. The summed E-state index contributed by atoms with van der Waals surface area (Å²) in [5.41, 5.74) is 8.37. The van der Waals surface area contributed by atoms with E-state index in [-0.39, 0.29) is 5.91 Å². The fraction of sp³-hybridized carbons (Fsp3) is 0.250. The predicted molar refractivity (Wildman–Crippen MR) is 95.9 cm³/mol. The lowest BCUT2D eigenvalue weighted by Crippen LogP contribution is -2.14. The van der Waals surface area contributed by atoms with Gasteiger partial charge in [-0.2, -0.15) is 0 Å². The molecule has 1 heterocycles. The maximum Gasteiger partial charge on any atom is 0.252 e. The van der Waals surface area contributed by atoms with Crippen molar-refractivity contribution in [3.8, 4) is 0 Å². The molecule has 1 amide bonds. The average Bonchev–Trinajstić information content (AvgIpc) is 2.83. The molecule has 0 unspecified atom stereocenters. The Balaban J connectivity index is 1.98. The number of amides is 1. The Morgan fingerprint density at radius 1 is 1.33 bits per heavy atom. The van der Waals surface area contributed by atoms with Crippen LogP contribution in [0.15, 0.2) is 29.3 Å². The fourth-order valence-electron chi connectivity index (χ4n) is 2.62. The van der Waals surface area contributed by atoms with E-state index in [4.69, 9.17) is 5.73 Å². The lowest BCUT2D eigenvalue weighted by Gasteiger charge is -2.10. The highest BCUT2D eigenvalue weighted by atomic mass is 127. The number of benzene rings is 1. The number of carbonyl (C=O) groups is 1.